The average molecular weight is 417 g/mol. The van der Waals surface area contributed by atoms with E-state index in [0.29, 0.717) is 17.4 Å². The number of para-hydroxylation sites is 1. The van der Waals surface area contributed by atoms with Crippen LogP contribution in [-0.2, 0) is 11.8 Å². The number of hydrogen-bond acceptors (Lipinski definition) is 7. The van der Waals surface area contributed by atoms with Crippen LogP contribution >= 0.6 is 23.1 Å². The Morgan fingerprint density at radius 3 is 2.75 bits per heavy atom. The van der Waals surface area contributed by atoms with Gasteiger partial charge in [0.15, 0.2) is 4.34 Å². The second kappa shape index (κ2) is 7.80. The van der Waals surface area contributed by atoms with Gasteiger partial charge in [0.05, 0.1) is 17.1 Å². The summed E-state index contributed by atoms with van der Waals surface area (Å²) >= 11 is 2.75. The predicted molar refractivity (Wildman–Crippen MR) is 112 cm³/mol. The Morgan fingerprint density at radius 2 is 2.04 bits per heavy atom. The zero-order valence-corrected chi connectivity index (χ0v) is 17.1. The zero-order valence-electron chi connectivity index (χ0n) is 15.5. The number of nitrogens with one attached hydrogen (secondary N) is 2. The lowest BCUT2D eigenvalue weighted by atomic mass is 10.3. The number of carbonyl (C=O) groups excluding carboxylic acids is 1. The van der Waals surface area contributed by atoms with Gasteiger partial charge in [-0.25, -0.2) is 4.68 Å². The number of amides is 1. The highest BCUT2D eigenvalue weighted by Crippen LogP contribution is 2.30. The summed E-state index contributed by atoms with van der Waals surface area (Å²) in [6, 6.07) is 9.85. The van der Waals surface area contributed by atoms with Crippen LogP contribution in [0.1, 0.15) is 18.5 Å². The maximum absolute atomic E-state index is 12.8. The van der Waals surface area contributed by atoms with E-state index in [1.165, 1.54) is 35.9 Å². The molecule has 10 heteroatoms. The summed E-state index contributed by atoms with van der Waals surface area (Å²) < 4.78 is 4.00. The maximum atomic E-state index is 12.8. The number of benzene rings is 1. The van der Waals surface area contributed by atoms with Gasteiger partial charge in [-0.05, 0) is 31.9 Å². The topological polar surface area (TPSA) is 93.8 Å². The summed E-state index contributed by atoms with van der Waals surface area (Å²) in [6.07, 6.45) is 2.34. The smallest absolute Gasteiger partial charge is 0.295 e. The molecule has 0 radical (unpaired) electrons. The van der Waals surface area contributed by atoms with E-state index in [1.54, 1.807) is 16.4 Å². The van der Waals surface area contributed by atoms with Gasteiger partial charge in [-0.1, -0.05) is 41.3 Å². The molecule has 2 N–H and O–H groups in total. The van der Waals surface area contributed by atoms with Gasteiger partial charge in [-0.15, -0.1) is 10.2 Å². The van der Waals surface area contributed by atoms with Gasteiger partial charge in [0.25, 0.3) is 5.56 Å². The Bertz CT molecular complexity index is 1050. The SMILES string of the molecule is Cc1c(NC(=O)CSc2nnc(NC3CC3)s2)c(=O)n(-c2ccccc2)n1C. The van der Waals surface area contributed by atoms with Crippen molar-refractivity contribution in [1.29, 1.82) is 0 Å². The second-order valence-electron chi connectivity index (χ2n) is 6.57. The fourth-order valence-electron chi connectivity index (χ4n) is 2.74. The molecule has 146 valence electrons. The van der Waals surface area contributed by atoms with Crippen LogP contribution in [0.5, 0.6) is 0 Å². The Labute approximate surface area is 170 Å². The molecule has 1 fully saturated rings. The lowest BCUT2D eigenvalue weighted by Gasteiger charge is -2.07. The molecule has 28 heavy (non-hydrogen) atoms. The van der Waals surface area contributed by atoms with E-state index >= 15 is 0 Å². The highest BCUT2D eigenvalue weighted by molar-refractivity contribution is 8.01. The zero-order chi connectivity index (χ0) is 19.7. The lowest BCUT2D eigenvalue weighted by Crippen LogP contribution is -2.23. The lowest BCUT2D eigenvalue weighted by molar-refractivity contribution is -0.113. The van der Waals surface area contributed by atoms with Crippen LogP contribution in [0.15, 0.2) is 39.5 Å². The van der Waals surface area contributed by atoms with Crippen LogP contribution in [-0.4, -0.2) is 37.3 Å². The number of hydrogen-bond donors (Lipinski definition) is 2. The van der Waals surface area contributed by atoms with Gasteiger partial charge < -0.3 is 10.6 Å². The third kappa shape index (κ3) is 3.97. The van der Waals surface area contributed by atoms with E-state index in [4.69, 9.17) is 0 Å². The van der Waals surface area contributed by atoms with Gasteiger partial charge >= 0.3 is 0 Å². The minimum absolute atomic E-state index is 0.164. The standard InChI is InChI=1S/C18H20N6O2S2/c1-11-15(16(26)24(23(11)2)13-6-4-3-5-7-13)20-14(25)10-27-18-22-21-17(28-18)19-12-8-9-12/h3-7,12H,8-10H2,1-2H3,(H,19,21)(H,20,25). The summed E-state index contributed by atoms with van der Waals surface area (Å²) in [5, 5.41) is 15.0. The highest BCUT2D eigenvalue weighted by Gasteiger charge is 2.23. The summed E-state index contributed by atoms with van der Waals surface area (Å²) in [5.41, 5.74) is 1.48. The Kier molecular flexibility index (Phi) is 5.23. The average Bonchev–Trinajstić information content (AvgIpc) is 3.35. The first-order chi connectivity index (χ1) is 13.5. The quantitative estimate of drug-likeness (QED) is 0.575. The molecular weight excluding hydrogens is 396 g/mol. The molecule has 0 spiro atoms. The number of nitrogens with zero attached hydrogens (tertiary/aromatic N) is 4. The molecule has 0 saturated heterocycles. The molecule has 2 aromatic heterocycles. The van der Waals surface area contributed by atoms with Gasteiger partial charge in [-0.2, -0.15) is 0 Å². The maximum Gasteiger partial charge on any atom is 0.295 e. The molecule has 1 amide bonds. The number of thioether (sulfide) groups is 1. The first kappa shape index (κ1) is 18.8. The predicted octanol–water partition coefficient (Wildman–Crippen LogP) is 2.64. The Balaban J connectivity index is 1.43. The number of rotatable bonds is 7. The molecule has 4 rings (SSSR count). The van der Waals surface area contributed by atoms with Crippen molar-refractivity contribution in [2.24, 2.45) is 7.05 Å². The molecule has 0 aliphatic heterocycles. The molecule has 0 atom stereocenters. The minimum atomic E-state index is -0.253. The van der Waals surface area contributed by atoms with Crippen molar-refractivity contribution in [2.45, 2.75) is 30.1 Å². The molecule has 0 unspecified atom stereocenters. The van der Waals surface area contributed by atoms with Crippen molar-refractivity contribution >= 4 is 39.8 Å². The monoisotopic (exact) mass is 416 g/mol. The molecule has 0 bridgehead atoms. The molecule has 1 aliphatic carbocycles. The first-order valence-electron chi connectivity index (χ1n) is 8.89. The molecule has 3 aromatic rings. The van der Waals surface area contributed by atoms with E-state index in [0.717, 1.165) is 15.2 Å². The summed E-state index contributed by atoms with van der Waals surface area (Å²) in [6.45, 7) is 1.81. The number of anilines is 2. The van der Waals surface area contributed by atoms with Gasteiger partial charge in [-0.3, -0.25) is 14.3 Å². The van der Waals surface area contributed by atoms with Crippen LogP contribution in [0.25, 0.3) is 5.69 Å². The molecule has 1 aromatic carbocycles. The summed E-state index contributed by atoms with van der Waals surface area (Å²) in [4.78, 5) is 25.2. The third-order valence-corrected chi connectivity index (χ3v) is 6.44. The largest absolute Gasteiger partial charge is 0.357 e. The van der Waals surface area contributed by atoms with E-state index < -0.39 is 0 Å². The van der Waals surface area contributed by atoms with Gasteiger partial charge in [0.2, 0.25) is 11.0 Å². The van der Waals surface area contributed by atoms with Crippen LogP contribution < -0.4 is 16.2 Å². The van der Waals surface area contributed by atoms with Gasteiger partial charge in [0.1, 0.15) is 5.69 Å². The van der Waals surface area contributed by atoms with E-state index in [2.05, 4.69) is 20.8 Å². The van der Waals surface area contributed by atoms with Crippen LogP contribution in [0.2, 0.25) is 0 Å². The number of carbonyl (C=O) groups is 1. The van der Waals surface area contributed by atoms with E-state index in [9.17, 15) is 9.59 Å². The van der Waals surface area contributed by atoms with Crippen LogP contribution in [0, 0.1) is 6.92 Å². The molecule has 1 aliphatic rings. The third-order valence-electron chi connectivity index (χ3n) is 4.46. The first-order valence-corrected chi connectivity index (χ1v) is 10.7. The van der Waals surface area contributed by atoms with Crippen molar-refractivity contribution in [2.75, 3.05) is 16.4 Å². The van der Waals surface area contributed by atoms with Crippen molar-refractivity contribution in [3.63, 3.8) is 0 Å². The second-order valence-corrected chi connectivity index (χ2v) is 8.77. The fourth-order valence-corrected chi connectivity index (χ4v) is 4.37. The number of aromatic nitrogens is 4. The van der Waals surface area contributed by atoms with Crippen LogP contribution in [0.4, 0.5) is 10.8 Å². The Hall–Kier alpha value is -2.59. The van der Waals surface area contributed by atoms with Crippen molar-refractivity contribution < 1.29 is 4.79 Å². The highest BCUT2D eigenvalue weighted by atomic mass is 32.2. The van der Waals surface area contributed by atoms with Crippen molar-refractivity contribution in [3.05, 3.63) is 46.4 Å². The summed E-state index contributed by atoms with van der Waals surface area (Å²) in [7, 11) is 1.80. The molecular formula is C18H20N6O2S2. The molecule has 1 saturated carbocycles. The summed E-state index contributed by atoms with van der Waals surface area (Å²) in [5.74, 6) is -0.0834. The van der Waals surface area contributed by atoms with Crippen molar-refractivity contribution in [1.82, 2.24) is 19.6 Å². The fraction of sp³-hybridized carbons (Fsp3) is 0.333. The Morgan fingerprint density at radius 1 is 1.29 bits per heavy atom. The minimum Gasteiger partial charge on any atom is -0.357 e. The molecule has 2 heterocycles. The van der Waals surface area contributed by atoms with E-state index in [1.807, 2.05) is 37.3 Å². The normalized spacial score (nSPS) is 13.5. The van der Waals surface area contributed by atoms with Crippen LogP contribution in [0.3, 0.4) is 0 Å². The van der Waals surface area contributed by atoms with Crippen molar-refractivity contribution in [3.8, 4) is 5.69 Å². The van der Waals surface area contributed by atoms with Gasteiger partial charge in [0, 0.05) is 13.1 Å². The van der Waals surface area contributed by atoms with E-state index in [-0.39, 0.29) is 17.2 Å². The molecule has 8 nitrogen and oxygen atoms in total.